The fourth-order valence-electron chi connectivity index (χ4n) is 2.82. The molecule has 1 unspecified atom stereocenters. The van der Waals surface area contributed by atoms with Gasteiger partial charge in [-0.25, -0.2) is 4.79 Å². The summed E-state index contributed by atoms with van der Waals surface area (Å²) < 4.78 is 10.6. The molecule has 0 radical (unpaired) electrons. The third-order valence-electron chi connectivity index (χ3n) is 4.01. The zero-order chi connectivity index (χ0) is 14.7. The molecular weight excluding hydrogens is 272 g/mol. The van der Waals surface area contributed by atoms with Crippen molar-refractivity contribution in [2.75, 3.05) is 44.6 Å². The van der Waals surface area contributed by atoms with Crippen LogP contribution >= 0.6 is 0 Å². The fourth-order valence-corrected chi connectivity index (χ4v) is 2.82. The molecule has 2 amide bonds. The monoisotopic (exact) mass is 294 g/mol. The molecule has 1 N–H and O–H groups in total. The summed E-state index contributed by atoms with van der Waals surface area (Å²) in [5.74, 6) is 1.16. The molecule has 7 nitrogen and oxygen atoms in total. The minimum Gasteiger partial charge on any atom is -0.377 e. The van der Waals surface area contributed by atoms with Gasteiger partial charge in [0.1, 0.15) is 5.76 Å². The van der Waals surface area contributed by atoms with E-state index in [0.29, 0.717) is 17.7 Å². The van der Waals surface area contributed by atoms with Gasteiger partial charge >= 0.3 is 6.03 Å². The number of aromatic nitrogens is 1. The van der Waals surface area contributed by atoms with Crippen molar-refractivity contribution in [1.82, 2.24) is 15.0 Å². The van der Waals surface area contributed by atoms with Gasteiger partial charge in [-0.3, -0.25) is 10.2 Å². The Labute approximate surface area is 124 Å². The van der Waals surface area contributed by atoms with E-state index in [2.05, 4.69) is 15.4 Å². The first-order valence-corrected chi connectivity index (χ1v) is 7.54. The van der Waals surface area contributed by atoms with E-state index in [1.54, 1.807) is 13.0 Å². The van der Waals surface area contributed by atoms with Gasteiger partial charge in [0.25, 0.3) is 0 Å². The number of anilines is 1. The van der Waals surface area contributed by atoms with Gasteiger partial charge in [0.15, 0.2) is 5.82 Å². The molecule has 21 heavy (non-hydrogen) atoms. The molecular formula is C14H22N4O3. The number of ether oxygens (including phenoxy) is 1. The third-order valence-corrected chi connectivity index (χ3v) is 4.01. The van der Waals surface area contributed by atoms with E-state index in [1.165, 1.54) is 6.42 Å². The number of urea groups is 1. The first-order chi connectivity index (χ1) is 10.2. The van der Waals surface area contributed by atoms with Gasteiger partial charge in [0, 0.05) is 45.4 Å². The predicted molar refractivity (Wildman–Crippen MR) is 77.2 cm³/mol. The molecule has 7 heteroatoms. The topological polar surface area (TPSA) is 70.8 Å². The standard InChI is InChI=1S/C14H22N4O3/c1-11-9-13(16-21-11)15-14(19)18-6-4-17(5-7-18)10-12-3-2-8-20-12/h9,12H,2-8,10H2,1H3,(H,15,16,19). The van der Waals surface area contributed by atoms with E-state index in [9.17, 15) is 4.79 Å². The van der Waals surface area contributed by atoms with Crippen molar-refractivity contribution < 1.29 is 14.1 Å². The van der Waals surface area contributed by atoms with E-state index < -0.39 is 0 Å². The van der Waals surface area contributed by atoms with Gasteiger partial charge in [-0.2, -0.15) is 0 Å². The zero-order valence-electron chi connectivity index (χ0n) is 12.4. The molecule has 0 aliphatic carbocycles. The number of hydrogen-bond acceptors (Lipinski definition) is 5. The minimum atomic E-state index is -0.111. The van der Waals surface area contributed by atoms with Gasteiger partial charge in [-0.05, 0) is 19.8 Å². The van der Waals surface area contributed by atoms with Gasteiger partial charge in [-0.15, -0.1) is 0 Å². The Morgan fingerprint density at radius 1 is 1.43 bits per heavy atom. The molecule has 0 saturated carbocycles. The highest BCUT2D eigenvalue weighted by Gasteiger charge is 2.25. The average molecular weight is 294 g/mol. The Bertz CT molecular complexity index is 476. The number of piperazine rings is 1. The van der Waals surface area contributed by atoms with Crippen LogP contribution in [0, 0.1) is 6.92 Å². The molecule has 2 fully saturated rings. The molecule has 0 aromatic carbocycles. The molecule has 2 aliphatic heterocycles. The SMILES string of the molecule is Cc1cc(NC(=O)N2CCN(CC3CCCO3)CC2)no1. The van der Waals surface area contributed by atoms with Crippen LogP contribution in [0.4, 0.5) is 10.6 Å². The number of carbonyl (C=O) groups excluding carboxylic acids is 1. The maximum atomic E-state index is 12.1. The fraction of sp³-hybridized carbons (Fsp3) is 0.714. The lowest BCUT2D eigenvalue weighted by atomic mass is 10.2. The van der Waals surface area contributed by atoms with Gasteiger partial charge < -0.3 is 14.2 Å². The highest BCUT2D eigenvalue weighted by molar-refractivity contribution is 5.88. The lowest BCUT2D eigenvalue weighted by molar-refractivity contribution is 0.0571. The smallest absolute Gasteiger partial charge is 0.323 e. The summed E-state index contributed by atoms with van der Waals surface area (Å²) in [4.78, 5) is 16.3. The van der Waals surface area contributed by atoms with E-state index in [0.717, 1.165) is 45.8 Å². The normalized spacial score (nSPS) is 23.5. The van der Waals surface area contributed by atoms with Crippen molar-refractivity contribution in [3.63, 3.8) is 0 Å². The van der Waals surface area contributed by atoms with E-state index in [1.807, 2.05) is 4.90 Å². The first-order valence-electron chi connectivity index (χ1n) is 7.54. The second kappa shape index (κ2) is 6.44. The Hall–Kier alpha value is -1.60. The number of nitrogens with one attached hydrogen (secondary N) is 1. The quantitative estimate of drug-likeness (QED) is 0.910. The van der Waals surface area contributed by atoms with Crippen LogP contribution < -0.4 is 5.32 Å². The second-order valence-corrected chi connectivity index (χ2v) is 5.68. The largest absolute Gasteiger partial charge is 0.377 e. The molecule has 1 aromatic rings. The summed E-state index contributed by atoms with van der Waals surface area (Å²) in [5.41, 5.74) is 0. The molecule has 0 spiro atoms. The van der Waals surface area contributed by atoms with E-state index >= 15 is 0 Å². The number of amides is 2. The Balaban J connectivity index is 1.43. The van der Waals surface area contributed by atoms with Crippen molar-refractivity contribution in [3.05, 3.63) is 11.8 Å². The first kappa shape index (κ1) is 14.3. The highest BCUT2D eigenvalue weighted by Crippen LogP contribution is 2.15. The van der Waals surface area contributed by atoms with Crippen molar-refractivity contribution in [2.24, 2.45) is 0 Å². The molecule has 2 aliphatic rings. The van der Waals surface area contributed by atoms with Crippen LogP contribution in [0.1, 0.15) is 18.6 Å². The molecule has 3 rings (SSSR count). The Morgan fingerprint density at radius 3 is 2.86 bits per heavy atom. The molecule has 0 bridgehead atoms. The maximum Gasteiger partial charge on any atom is 0.323 e. The average Bonchev–Trinajstić information content (AvgIpc) is 3.12. The second-order valence-electron chi connectivity index (χ2n) is 5.68. The van der Waals surface area contributed by atoms with Crippen molar-refractivity contribution in [2.45, 2.75) is 25.9 Å². The summed E-state index contributed by atoms with van der Waals surface area (Å²) in [6.45, 7) is 6.93. The summed E-state index contributed by atoms with van der Waals surface area (Å²) in [6, 6.07) is 1.60. The summed E-state index contributed by atoms with van der Waals surface area (Å²) in [7, 11) is 0. The zero-order valence-corrected chi connectivity index (χ0v) is 12.4. The van der Waals surface area contributed by atoms with Crippen LogP contribution in [-0.2, 0) is 4.74 Å². The van der Waals surface area contributed by atoms with Crippen LogP contribution in [0.25, 0.3) is 0 Å². The number of carbonyl (C=O) groups is 1. The highest BCUT2D eigenvalue weighted by atomic mass is 16.5. The lowest BCUT2D eigenvalue weighted by Crippen LogP contribution is -2.51. The van der Waals surface area contributed by atoms with Gasteiger partial charge in [-0.1, -0.05) is 5.16 Å². The van der Waals surface area contributed by atoms with Crippen LogP contribution in [0.3, 0.4) is 0 Å². The van der Waals surface area contributed by atoms with Gasteiger partial charge in [0.2, 0.25) is 0 Å². The van der Waals surface area contributed by atoms with E-state index in [-0.39, 0.29) is 6.03 Å². The number of aryl methyl sites for hydroxylation is 1. The van der Waals surface area contributed by atoms with Crippen LogP contribution in [-0.4, -0.2) is 66.4 Å². The summed E-state index contributed by atoms with van der Waals surface area (Å²) >= 11 is 0. The number of hydrogen-bond donors (Lipinski definition) is 1. The van der Waals surface area contributed by atoms with E-state index in [4.69, 9.17) is 9.26 Å². The molecule has 116 valence electrons. The predicted octanol–water partition coefficient (Wildman–Crippen LogP) is 1.31. The minimum absolute atomic E-state index is 0.111. The number of rotatable bonds is 3. The van der Waals surface area contributed by atoms with Crippen molar-refractivity contribution in [1.29, 1.82) is 0 Å². The number of nitrogens with zero attached hydrogens (tertiary/aromatic N) is 3. The van der Waals surface area contributed by atoms with Crippen LogP contribution in [0.2, 0.25) is 0 Å². The van der Waals surface area contributed by atoms with Crippen LogP contribution in [0.15, 0.2) is 10.6 Å². The summed E-state index contributed by atoms with van der Waals surface area (Å²) in [6.07, 6.45) is 2.71. The van der Waals surface area contributed by atoms with Gasteiger partial charge in [0.05, 0.1) is 6.10 Å². The molecule has 1 aromatic heterocycles. The Kier molecular flexibility index (Phi) is 4.40. The maximum absolute atomic E-state index is 12.1. The Morgan fingerprint density at radius 2 is 2.24 bits per heavy atom. The molecule has 2 saturated heterocycles. The van der Waals surface area contributed by atoms with Crippen molar-refractivity contribution in [3.8, 4) is 0 Å². The van der Waals surface area contributed by atoms with Crippen LogP contribution in [0.5, 0.6) is 0 Å². The molecule has 1 atom stereocenters. The molecule has 3 heterocycles. The van der Waals surface area contributed by atoms with Crippen molar-refractivity contribution >= 4 is 11.8 Å². The lowest BCUT2D eigenvalue weighted by Gasteiger charge is -2.35. The summed E-state index contributed by atoms with van der Waals surface area (Å²) in [5, 5.41) is 6.53. The third kappa shape index (κ3) is 3.74.